The van der Waals surface area contributed by atoms with Crippen molar-refractivity contribution < 1.29 is 14.0 Å². The molecule has 2 fully saturated rings. The third kappa shape index (κ3) is 19.8. The average molecular weight is 2020 g/mol. The highest BCUT2D eigenvalue weighted by molar-refractivity contribution is 7.14. The van der Waals surface area contributed by atoms with Gasteiger partial charge in [0.2, 0.25) is 11.8 Å². The summed E-state index contributed by atoms with van der Waals surface area (Å²) < 4.78 is 13.6. The zero-order valence-electron chi connectivity index (χ0n) is 79.7. The monoisotopic (exact) mass is 2020 g/mol. The van der Waals surface area contributed by atoms with Crippen LogP contribution in [0, 0.1) is 17.0 Å². The summed E-state index contributed by atoms with van der Waals surface area (Å²) in [4.78, 5) is 97.2. The summed E-state index contributed by atoms with van der Waals surface area (Å²) in [6.07, 6.45) is 40.3. The number of thiophene rings is 4. The summed E-state index contributed by atoms with van der Waals surface area (Å²) in [6, 6.07) is 59.0. The van der Waals surface area contributed by atoms with E-state index in [0.29, 0.717) is 40.8 Å². The van der Waals surface area contributed by atoms with E-state index in [4.69, 9.17) is 19.9 Å². The van der Waals surface area contributed by atoms with Crippen LogP contribution in [0.15, 0.2) is 291 Å². The highest BCUT2D eigenvalue weighted by atomic mass is 32.1. The fourth-order valence-corrected chi connectivity index (χ4v) is 22.4. The summed E-state index contributed by atoms with van der Waals surface area (Å²) in [7, 11) is 0. The molecule has 0 radical (unpaired) electrons. The Morgan fingerprint density at radius 2 is 0.709 bits per heavy atom. The minimum atomic E-state index is -0.258. The molecule has 148 heavy (non-hydrogen) atoms. The number of aromatic amines is 8. The topological polar surface area (TPSA) is 415 Å². The van der Waals surface area contributed by atoms with Gasteiger partial charge in [0.05, 0.1) is 92.7 Å². The first-order valence-corrected chi connectivity index (χ1v) is 52.4. The quantitative estimate of drug-likeness (QED) is 0.0267. The van der Waals surface area contributed by atoms with Crippen LogP contribution in [0.2, 0.25) is 0 Å². The van der Waals surface area contributed by atoms with Gasteiger partial charge in [-0.05, 0) is 196 Å². The van der Waals surface area contributed by atoms with Crippen LogP contribution < -0.4 is 21.3 Å². The smallest absolute Gasteiger partial charge is 0.227 e. The Morgan fingerprint density at radius 1 is 0.338 bits per heavy atom. The van der Waals surface area contributed by atoms with Crippen molar-refractivity contribution in [2.24, 2.45) is 11.8 Å². The number of pyridine rings is 8. The van der Waals surface area contributed by atoms with Crippen LogP contribution in [-0.2, 0) is 29.2 Å². The van der Waals surface area contributed by atoms with Crippen molar-refractivity contribution in [3.05, 3.63) is 313 Å². The van der Waals surface area contributed by atoms with E-state index in [9.17, 15) is 14.0 Å². The molecule has 2 aliphatic carbocycles. The lowest BCUT2D eigenvalue weighted by molar-refractivity contribution is -0.120. The number of nitrogens with zero attached hydrogens (tertiary/aromatic N) is 16. The lowest BCUT2D eigenvalue weighted by atomic mass is 9.88. The van der Waals surface area contributed by atoms with Crippen molar-refractivity contribution in [3.8, 4) is 132 Å². The number of H-pyrrole nitrogens is 8. The highest BCUT2D eigenvalue weighted by Gasteiger charge is 2.27. The van der Waals surface area contributed by atoms with Gasteiger partial charge in [0.25, 0.3) is 0 Å². The number of hydrogen-bond donors (Lipinski definition) is 12. The summed E-state index contributed by atoms with van der Waals surface area (Å²) in [5.41, 5.74) is 30.2. The van der Waals surface area contributed by atoms with Gasteiger partial charge in [0.15, 0.2) is 28.4 Å². The maximum Gasteiger partial charge on any atom is 0.227 e. The molecule has 0 saturated heterocycles. The number of amides is 2. The second kappa shape index (κ2) is 41.8. The van der Waals surface area contributed by atoms with Crippen LogP contribution in [0.3, 0.4) is 0 Å². The first kappa shape index (κ1) is 93.0. The van der Waals surface area contributed by atoms with Crippen LogP contribution in [-0.4, -0.2) is 139 Å². The highest BCUT2D eigenvalue weighted by Crippen LogP contribution is 2.43. The number of imidazole rings is 4. The number of anilines is 2. The van der Waals surface area contributed by atoms with Crippen LogP contribution in [0.4, 0.5) is 15.8 Å². The molecule has 0 atom stereocenters. The second-order valence-corrected chi connectivity index (χ2v) is 40.6. The van der Waals surface area contributed by atoms with E-state index in [0.717, 1.165) is 272 Å². The molecule has 25 aromatic rings. The molecule has 0 unspecified atom stereocenters. The summed E-state index contributed by atoms with van der Waals surface area (Å²) >= 11 is 6.08. The maximum absolute atomic E-state index is 13.6. The molecule has 2 amide bonds. The summed E-state index contributed by atoms with van der Waals surface area (Å²) in [5, 5.41) is 53.7. The van der Waals surface area contributed by atoms with Crippen molar-refractivity contribution in [3.63, 3.8) is 0 Å². The van der Waals surface area contributed by atoms with Crippen LogP contribution >= 0.6 is 45.3 Å². The molecule has 0 bridgehead atoms. The number of nitrogens with one attached hydrogen (secondary N) is 12. The number of benzene rings is 5. The van der Waals surface area contributed by atoms with Crippen molar-refractivity contribution in [1.29, 1.82) is 0 Å². The van der Waals surface area contributed by atoms with Gasteiger partial charge in [-0.1, -0.05) is 112 Å². The second-order valence-electron chi connectivity index (χ2n) is 36.7. The Bertz CT molecular complexity index is 9100. The lowest BCUT2D eigenvalue weighted by Gasteiger charge is -2.20. The number of halogens is 1. The summed E-state index contributed by atoms with van der Waals surface area (Å²) in [6.45, 7) is 5.30. The molecule has 0 aliphatic heterocycles. The maximum atomic E-state index is 13.6. The Balaban J connectivity index is 0.000000105. The number of hydrogen-bond acceptors (Lipinski definition) is 24. The average Bonchev–Trinajstić information content (AvgIpc) is 1.62. The fraction of sp³-hybridized carbons (Fsp3) is 0.150. The largest absolute Gasteiger partial charge is 0.335 e. The Labute approximate surface area is 860 Å². The van der Waals surface area contributed by atoms with Crippen molar-refractivity contribution in [2.75, 3.05) is 17.2 Å². The third-order valence-electron chi connectivity index (χ3n) is 26.9. The van der Waals surface area contributed by atoms with Gasteiger partial charge in [-0.15, -0.1) is 45.3 Å². The minimum absolute atomic E-state index is 0.0689. The molecular weight excluding hydrogens is 1930 g/mol. The van der Waals surface area contributed by atoms with Crippen molar-refractivity contribution >= 4 is 156 Å². The van der Waals surface area contributed by atoms with Crippen LogP contribution in [0.25, 0.3) is 220 Å². The molecule has 2 saturated carbocycles. The van der Waals surface area contributed by atoms with E-state index < -0.39 is 0 Å². The van der Waals surface area contributed by atoms with Crippen LogP contribution in [0.1, 0.15) is 87.8 Å². The Hall–Kier alpha value is -17.4. The predicted molar refractivity (Wildman–Crippen MR) is 587 cm³/mol. The SMILES string of the molecule is CCC(=O)Nc1cncc(-c2ccc3[nH]nc(-c4nc5c(-c6ccc(F)s6)cncc5[nH]4)c3c2)c1.O=C(Nc1cncc(-c2ccc3[nH]nc(-c4nc5c(-c6cccs6)cncc5[nH]4)c3c2)c1)C1CCCCC1.c1ccc(CNCc2cncc(-c3ccc4[nH]nc(-c5nc6c(-c7cccs7)cncc6[nH]5)c4c3)c2)cc1.c1csc(-c2cncc3[nH]c(-c4n[nH]c5ccc(-c6cncc(CNCC7CCCC7)c6)cc45)nc23)c1. The predicted octanol–water partition coefficient (Wildman–Crippen LogP) is 25.7. The van der Waals surface area contributed by atoms with E-state index in [1.807, 2.05) is 129 Å². The number of fused-ring (bicyclic) bond motifs is 8. The summed E-state index contributed by atoms with van der Waals surface area (Å²) in [5.74, 6) is 3.65. The standard InChI is InChI=1S/C30H23N7S.C29H25N7OS.C29H27N7S.C25H18FN7OS/c1-2-5-19(6-3-1)13-31-14-20-11-22(16-32-15-20)21-8-9-25-23(12-21)29(37-36-25)30-34-26-18-33-17-24(28(26)35-30)27-7-4-10-38-27;37-29(17-5-2-1-3-6-17)32-20-11-19(13-30-14-20)18-8-9-23-21(12-18)27(36-35-23)28-33-24-16-31-15-22(26(24)34-28)25-7-4-10-38-25;1-2-5-18(4-1)12-30-13-19-10-21(15-31-14-19)20-7-8-24-22(11-20)28(36-35-24)29-33-25-17-32-16-23(27(25)34-29)26-6-3-9-37-26;1-2-22(34)29-15-7-14(9-27-10-15)13-3-4-18-16(8-13)24(33-32-18)25-30-19-12-28-11-17(23(19)31-25)20-5-6-21(26)35-20/h1-12,15-18,31H,13-14H2,(H,34,35)(H,36,37);4,7-17H,1-3,5-6H2,(H,32,37)(H,33,34)(H,35,36);3,6-11,14-18,30H,1-2,4-5,12-13H2,(H,33,34)(H,35,36);3-12H,2H2,1H3,(H,29,34)(H,30,31)(H,32,33). The van der Waals surface area contributed by atoms with Crippen molar-refractivity contribution in [1.82, 2.24) is 131 Å². The van der Waals surface area contributed by atoms with E-state index in [-0.39, 0.29) is 22.9 Å². The van der Waals surface area contributed by atoms with Gasteiger partial charge in [-0.25, -0.2) is 19.9 Å². The third-order valence-corrected chi connectivity index (χ3v) is 30.5. The molecule has 12 N–H and O–H groups in total. The van der Waals surface area contributed by atoms with E-state index >= 15 is 0 Å². The molecule has 20 aromatic heterocycles. The molecule has 0 spiro atoms. The zero-order valence-corrected chi connectivity index (χ0v) is 83.0. The van der Waals surface area contributed by atoms with Gasteiger partial charge in [0.1, 0.15) is 44.8 Å². The molecule has 30 nitrogen and oxygen atoms in total. The van der Waals surface area contributed by atoms with Gasteiger partial charge in [-0.2, -0.15) is 24.8 Å². The zero-order chi connectivity index (χ0) is 99.3. The number of rotatable bonds is 24. The fourth-order valence-electron chi connectivity index (χ4n) is 19.4. The molecule has 20 heterocycles. The van der Waals surface area contributed by atoms with Crippen LogP contribution in [0.5, 0.6) is 0 Å². The molecular formula is C113H93FN28O2S4. The lowest BCUT2D eigenvalue weighted by Crippen LogP contribution is -2.24. The van der Waals surface area contributed by atoms with Crippen molar-refractivity contribution in [2.45, 2.75) is 90.8 Å². The number of aromatic nitrogens is 24. The minimum Gasteiger partial charge on any atom is -0.335 e. The van der Waals surface area contributed by atoms with Gasteiger partial charge in [0, 0.05) is 180 Å². The van der Waals surface area contributed by atoms with E-state index in [1.165, 1.54) is 49.3 Å². The normalized spacial score (nSPS) is 12.9. The van der Waals surface area contributed by atoms with E-state index in [2.05, 4.69) is 235 Å². The van der Waals surface area contributed by atoms with E-state index in [1.54, 1.807) is 84.2 Å². The molecule has 2 aliphatic rings. The molecule has 27 rings (SSSR count). The Morgan fingerprint density at radius 3 is 1.10 bits per heavy atom. The van der Waals surface area contributed by atoms with Gasteiger partial charge < -0.3 is 41.2 Å². The number of carbonyl (C=O) groups excluding carboxylic acids is 2. The first-order valence-electron chi connectivity index (χ1n) is 49.0. The first-order chi connectivity index (χ1) is 72.9. The molecule has 35 heteroatoms. The molecule has 728 valence electrons. The Kier molecular flexibility index (Phi) is 26.3. The number of carbonyl (C=O) groups is 2. The van der Waals surface area contributed by atoms with Gasteiger partial charge >= 0.3 is 0 Å². The molecule has 5 aromatic carbocycles. The van der Waals surface area contributed by atoms with Gasteiger partial charge in [-0.3, -0.25) is 69.9 Å².